The Morgan fingerprint density at radius 2 is 1.76 bits per heavy atom. The van der Waals surface area contributed by atoms with Gasteiger partial charge in [-0.2, -0.15) is 18.6 Å². The van der Waals surface area contributed by atoms with E-state index in [1.165, 1.54) is 0 Å². The van der Waals surface area contributed by atoms with Crippen LogP contribution >= 0.6 is 0 Å². The van der Waals surface area contributed by atoms with E-state index in [0.29, 0.717) is 5.69 Å². The van der Waals surface area contributed by atoms with Gasteiger partial charge in [-0.1, -0.05) is 0 Å². The Kier molecular flexibility index (Phi) is 5.73. The molecule has 1 aliphatic carbocycles. The van der Waals surface area contributed by atoms with Gasteiger partial charge in [-0.3, -0.25) is 4.55 Å². The van der Waals surface area contributed by atoms with Gasteiger partial charge in [0.15, 0.2) is 0 Å². The molecule has 9 heteroatoms. The van der Waals surface area contributed by atoms with Gasteiger partial charge in [0.25, 0.3) is 10.1 Å². The van der Waals surface area contributed by atoms with Crippen molar-refractivity contribution in [1.82, 2.24) is 0 Å². The lowest BCUT2D eigenvalue weighted by Gasteiger charge is -2.25. The molecule has 0 fully saturated rings. The molecule has 0 amide bonds. The average Bonchev–Trinajstić information content (AvgIpc) is 2.54. The average molecular weight is 367 g/mol. The van der Waals surface area contributed by atoms with E-state index in [9.17, 15) is 18.6 Å². The highest BCUT2D eigenvalue weighted by atomic mass is 32.2. The van der Waals surface area contributed by atoms with Gasteiger partial charge in [-0.15, -0.1) is 0 Å². The predicted molar refractivity (Wildman–Crippen MR) is 94.2 cm³/mol. The molecule has 1 unspecified atom stereocenters. The molecule has 1 aliphatic rings. The van der Waals surface area contributed by atoms with Crippen molar-refractivity contribution in [3.8, 4) is 0 Å². The number of rotatable bonds is 6. The molecule has 0 saturated heterocycles. The number of aliphatic hydroxyl groups is 2. The molecule has 2 rings (SSSR count). The standard InChI is InChI=1S/C16H21N3O5S/c1-3-19(4-2)13-7-5-12(6-8-13)17-18-15-11-14(25(22,23)24)9-10-16(15,20)21/h5-11,15,20-21H,3-4H2,1-2H3,(H,22,23,24). The lowest BCUT2D eigenvalue weighted by Crippen LogP contribution is -2.39. The number of allylic oxidation sites excluding steroid dienone is 1. The van der Waals surface area contributed by atoms with Crippen molar-refractivity contribution in [2.75, 3.05) is 18.0 Å². The number of hydrogen-bond acceptors (Lipinski definition) is 7. The van der Waals surface area contributed by atoms with E-state index in [2.05, 4.69) is 29.0 Å². The number of anilines is 1. The van der Waals surface area contributed by atoms with Gasteiger partial charge < -0.3 is 15.1 Å². The first-order valence-electron chi connectivity index (χ1n) is 7.76. The number of azo groups is 1. The molecule has 1 atom stereocenters. The summed E-state index contributed by atoms with van der Waals surface area (Å²) < 4.78 is 31.4. The largest absolute Gasteiger partial charge is 0.372 e. The Balaban J connectivity index is 2.22. The molecule has 0 aliphatic heterocycles. The maximum atomic E-state index is 11.2. The minimum atomic E-state index is -4.47. The van der Waals surface area contributed by atoms with Crippen LogP contribution in [0, 0.1) is 0 Å². The van der Waals surface area contributed by atoms with E-state index in [-0.39, 0.29) is 0 Å². The second kappa shape index (κ2) is 7.44. The first-order chi connectivity index (χ1) is 11.7. The number of nitrogens with zero attached hydrogens (tertiary/aromatic N) is 3. The van der Waals surface area contributed by atoms with Gasteiger partial charge in [0.1, 0.15) is 6.04 Å². The van der Waals surface area contributed by atoms with Crippen molar-refractivity contribution in [1.29, 1.82) is 0 Å². The highest BCUT2D eigenvalue weighted by molar-refractivity contribution is 7.90. The van der Waals surface area contributed by atoms with E-state index < -0.39 is 26.9 Å². The summed E-state index contributed by atoms with van der Waals surface area (Å²) in [4.78, 5) is 1.69. The lowest BCUT2D eigenvalue weighted by atomic mass is 10.0. The molecule has 0 aromatic heterocycles. The highest BCUT2D eigenvalue weighted by Crippen LogP contribution is 2.26. The molecule has 1 aromatic rings. The van der Waals surface area contributed by atoms with Crippen LogP contribution in [0.25, 0.3) is 0 Å². The van der Waals surface area contributed by atoms with Crippen LogP contribution in [-0.4, -0.2) is 48.1 Å². The van der Waals surface area contributed by atoms with Crippen LogP contribution in [0.3, 0.4) is 0 Å². The third-order valence-corrected chi connectivity index (χ3v) is 4.69. The molecule has 0 bridgehead atoms. The smallest absolute Gasteiger partial charge is 0.294 e. The second-order valence-corrected chi connectivity index (χ2v) is 6.93. The summed E-state index contributed by atoms with van der Waals surface area (Å²) in [7, 11) is -4.47. The lowest BCUT2D eigenvalue weighted by molar-refractivity contribution is -0.126. The van der Waals surface area contributed by atoms with Gasteiger partial charge in [0.2, 0.25) is 5.79 Å². The molecule has 25 heavy (non-hydrogen) atoms. The maximum absolute atomic E-state index is 11.2. The summed E-state index contributed by atoms with van der Waals surface area (Å²) in [5.74, 6) is -2.39. The zero-order valence-electron chi connectivity index (χ0n) is 13.9. The SMILES string of the molecule is CCN(CC)c1ccc(N=NC2C=C(S(=O)(=O)O)C=CC2(O)O)cc1. The Labute approximate surface area is 146 Å². The van der Waals surface area contributed by atoms with Crippen LogP contribution in [0.2, 0.25) is 0 Å². The minimum Gasteiger partial charge on any atom is -0.372 e. The molecule has 0 heterocycles. The third-order valence-electron chi connectivity index (χ3n) is 3.82. The molecule has 0 spiro atoms. The molecule has 136 valence electrons. The fourth-order valence-corrected chi connectivity index (χ4v) is 2.92. The summed E-state index contributed by atoms with van der Waals surface area (Å²) in [5.41, 5.74) is 1.50. The molecule has 0 radical (unpaired) electrons. The van der Waals surface area contributed by atoms with Crippen LogP contribution in [0.5, 0.6) is 0 Å². The van der Waals surface area contributed by atoms with Crippen molar-refractivity contribution < 1.29 is 23.2 Å². The first kappa shape index (κ1) is 19.3. The number of benzene rings is 1. The second-order valence-electron chi connectivity index (χ2n) is 5.51. The number of hydrogen-bond donors (Lipinski definition) is 3. The highest BCUT2D eigenvalue weighted by Gasteiger charge is 2.35. The van der Waals surface area contributed by atoms with E-state index in [4.69, 9.17) is 4.55 Å². The van der Waals surface area contributed by atoms with Crippen LogP contribution in [0.1, 0.15) is 13.8 Å². The third kappa shape index (κ3) is 4.73. The Bertz CT molecular complexity index is 794. The minimum absolute atomic E-state index is 0.466. The maximum Gasteiger partial charge on any atom is 0.294 e. The summed E-state index contributed by atoms with van der Waals surface area (Å²) in [6.45, 7) is 5.84. The molecule has 1 aromatic carbocycles. The van der Waals surface area contributed by atoms with Gasteiger partial charge in [-0.25, -0.2) is 0 Å². The van der Waals surface area contributed by atoms with Crippen molar-refractivity contribution in [3.05, 3.63) is 47.4 Å². The van der Waals surface area contributed by atoms with E-state index >= 15 is 0 Å². The van der Waals surface area contributed by atoms with E-state index in [0.717, 1.165) is 37.0 Å². The van der Waals surface area contributed by atoms with E-state index in [1.807, 2.05) is 12.1 Å². The zero-order valence-corrected chi connectivity index (χ0v) is 14.8. The quantitative estimate of drug-likeness (QED) is 0.401. The Hall–Kier alpha value is -2.07. The van der Waals surface area contributed by atoms with Crippen LogP contribution in [0.4, 0.5) is 11.4 Å². The topological polar surface area (TPSA) is 123 Å². The first-order valence-corrected chi connectivity index (χ1v) is 9.20. The van der Waals surface area contributed by atoms with Gasteiger partial charge in [-0.05, 0) is 56.3 Å². The summed E-state index contributed by atoms with van der Waals surface area (Å²) >= 11 is 0. The van der Waals surface area contributed by atoms with Gasteiger partial charge in [0, 0.05) is 18.8 Å². The van der Waals surface area contributed by atoms with Crippen LogP contribution in [0.15, 0.2) is 57.6 Å². The van der Waals surface area contributed by atoms with Gasteiger partial charge in [0.05, 0.1) is 10.6 Å². The fourth-order valence-electron chi connectivity index (χ4n) is 2.38. The molecular formula is C16H21N3O5S. The molecule has 3 N–H and O–H groups in total. The molecule has 8 nitrogen and oxygen atoms in total. The van der Waals surface area contributed by atoms with Crippen molar-refractivity contribution in [2.24, 2.45) is 10.2 Å². The summed E-state index contributed by atoms with van der Waals surface area (Å²) in [6, 6.07) is 5.82. The summed E-state index contributed by atoms with van der Waals surface area (Å²) in [5, 5.41) is 27.4. The van der Waals surface area contributed by atoms with E-state index in [1.54, 1.807) is 12.1 Å². The van der Waals surface area contributed by atoms with Crippen molar-refractivity contribution in [3.63, 3.8) is 0 Å². The van der Waals surface area contributed by atoms with Crippen LogP contribution in [-0.2, 0) is 10.1 Å². The van der Waals surface area contributed by atoms with Gasteiger partial charge >= 0.3 is 0 Å². The predicted octanol–water partition coefficient (Wildman–Crippen LogP) is 2.01. The normalized spacial score (nSPS) is 19.9. The Morgan fingerprint density at radius 1 is 1.16 bits per heavy atom. The molecular weight excluding hydrogens is 346 g/mol. The monoisotopic (exact) mass is 367 g/mol. The fraction of sp³-hybridized carbons (Fsp3) is 0.375. The summed E-state index contributed by atoms with van der Waals surface area (Å²) in [6.07, 6.45) is 2.67. The Morgan fingerprint density at radius 3 is 2.28 bits per heavy atom. The van der Waals surface area contributed by atoms with Crippen molar-refractivity contribution in [2.45, 2.75) is 25.7 Å². The van der Waals surface area contributed by atoms with Crippen molar-refractivity contribution >= 4 is 21.5 Å². The zero-order chi connectivity index (χ0) is 18.7. The van der Waals surface area contributed by atoms with Crippen LogP contribution < -0.4 is 4.90 Å². The molecule has 0 saturated carbocycles.